The summed E-state index contributed by atoms with van der Waals surface area (Å²) in [6.45, 7) is 6.37. The van der Waals surface area contributed by atoms with Gasteiger partial charge in [0.2, 0.25) is 11.7 Å². The van der Waals surface area contributed by atoms with Gasteiger partial charge in [0.15, 0.2) is 0 Å². The molecule has 0 aromatic carbocycles. The quantitative estimate of drug-likeness (QED) is 0.781. The summed E-state index contributed by atoms with van der Waals surface area (Å²) in [5.41, 5.74) is 0.777. The maximum Gasteiger partial charge on any atom is 0.243 e. The smallest absolute Gasteiger partial charge is 0.243 e. The van der Waals surface area contributed by atoms with Gasteiger partial charge in [-0.05, 0) is 13.0 Å². The highest BCUT2D eigenvalue weighted by Crippen LogP contribution is 2.17. The van der Waals surface area contributed by atoms with Gasteiger partial charge in [-0.3, -0.25) is 9.20 Å². The Morgan fingerprint density at radius 1 is 1.22 bits per heavy atom. The third-order valence-corrected chi connectivity index (χ3v) is 3.74. The van der Waals surface area contributed by atoms with Gasteiger partial charge in [-0.15, -0.1) is 0 Å². The zero-order valence-corrected chi connectivity index (χ0v) is 13.5. The summed E-state index contributed by atoms with van der Waals surface area (Å²) in [5, 5.41) is 2.92. The summed E-state index contributed by atoms with van der Waals surface area (Å²) in [7, 11) is 0. The summed E-state index contributed by atoms with van der Waals surface area (Å²) in [5.74, 6) is 1.74. The number of fused-ring (bicyclic) bond motifs is 1. The summed E-state index contributed by atoms with van der Waals surface area (Å²) in [6.07, 6.45) is 9.01. The van der Waals surface area contributed by atoms with Crippen LogP contribution in [0.25, 0.3) is 5.78 Å². The van der Waals surface area contributed by atoms with Gasteiger partial charge in [0.1, 0.15) is 11.9 Å². The van der Waals surface area contributed by atoms with Crippen molar-refractivity contribution in [2.75, 3.05) is 0 Å². The Labute approximate surface area is 134 Å². The molecule has 0 saturated heterocycles. The topological polar surface area (TPSA) is 77.1 Å². The average Bonchev–Trinajstić information content (AvgIpc) is 3.17. The first-order valence-electron chi connectivity index (χ1n) is 7.65. The van der Waals surface area contributed by atoms with Crippen LogP contribution >= 0.6 is 0 Å². The van der Waals surface area contributed by atoms with Crippen LogP contribution in [0.5, 0.6) is 0 Å². The second kappa shape index (κ2) is 6.20. The molecule has 0 saturated carbocycles. The second-order valence-corrected chi connectivity index (χ2v) is 5.80. The highest BCUT2D eigenvalue weighted by atomic mass is 16.2. The van der Waals surface area contributed by atoms with E-state index in [4.69, 9.17) is 0 Å². The third kappa shape index (κ3) is 3.08. The van der Waals surface area contributed by atoms with Crippen molar-refractivity contribution in [2.24, 2.45) is 0 Å². The fourth-order valence-electron chi connectivity index (χ4n) is 2.52. The van der Waals surface area contributed by atoms with E-state index in [0.717, 1.165) is 11.5 Å². The lowest BCUT2D eigenvalue weighted by Gasteiger charge is -2.17. The fraction of sp³-hybridized carbons (Fsp3) is 0.375. The minimum Gasteiger partial charge on any atom is -0.349 e. The zero-order chi connectivity index (χ0) is 16.4. The number of rotatable bonds is 5. The summed E-state index contributed by atoms with van der Waals surface area (Å²) in [4.78, 5) is 25.3. The molecule has 0 bridgehead atoms. The van der Waals surface area contributed by atoms with E-state index >= 15 is 0 Å². The van der Waals surface area contributed by atoms with Crippen molar-refractivity contribution < 1.29 is 4.79 Å². The molecule has 0 radical (unpaired) electrons. The number of carbonyl (C=O) groups excluding carboxylic acids is 1. The fourth-order valence-corrected chi connectivity index (χ4v) is 2.52. The highest BCUT2D eigenvalue weighted by molar-refractivity contribution is 5.79. The third-order valence-electron chi connectivity index (χ3n) is 3.74. The van der Waals surface area contributed by atoms with E-state index in [1.54, 1.807) is 12.4 Å². The monoisotopic (exact) mass is 312 g/mol. The molecular formula is C16H20N6O. The van der Waals surface area contributed by atoms with Gasteiger partial charge in [0.25, 0.3) is 0 Å². The number of hydrogen-bond donors (Lipinski definition) is 1. The minimum atomic E-state index is -0.315. The number of aromatic nitrogens is 5. The van der Waals surface area contributed by atoms with Crippen LogP contribution < -0.4 is 5.32 Å². The van der Waals surface area contributed by atoms with Gasteiger partial charge in [0, 0.05) is 36.9 Å². The standard InChI is InChI=1S/C16H20N6O/c1-11(2)14-17-6-8-22(14)12(3)15(23)19-9-13-10-21-7-4-5-18-16(21)20-13/h4-8,10-12H,9H2,1-3H3,(H,19,23). The Balaban J connectivity index is 1.67. The molecule has 3 rings (SSSR count). The lowest BCUT2D eigenvalue weighted by atomic mass is 10.2. The van der Waals surface area contributed by atoms with E-state index in [0.29, 0.717) is 12.3 Å². The molecule has 1 atom stereocenters. The zero-order valence-electron chi connectivity index (χ0n) is 13.5. The van der Waals surface area contributed by atoms with Crippen LogP contribution in [-0.2, 0) is 11.3 Å². The van der Waals surface area contributed by atoms with Crippen LogP contribution in [-0.4, -0.2) is 29.8 Å². The van der Waals surface area contributed by atoms with Gasteiger partial charge in [-0.25, -0.2) is 15.0 Å². The number of carbonyl (C=O) groups is 1. The summed E-state index contributed by atoms with van der Waals surface area (Å²) < 4.78 is 3.74. The SMILES string of the molecule is CC(C)c1nccn1C(C)C(=O)NCc1cn2cccnc2n1. The molecule has 120 valence electrons. The predicted octanol–water partition coefficient (Wildman–Crippen LogP) is 1.93. The Kier molecular flexibility index (Phi) is 4.10. The molecule has 0 spiro atoms. The van der Waals surface area contributed by atoms with E-state index in [1.807, 2.05) is 40.5 Å². The van der Waals surface area contributed by atoms with Crippen LogP contribution in [0.15, 0.2) is 37.1 Å². The van der Waals surface area contributed by atoms with Crippen molar-refractivity contribution in [3.63, 3.8) is 0 Å². The first kappa shape index (κ1) is 15.2. The van der Waals surface area contributed by atoms with E-state index in [2.05, 4.69) is 34.1 Å². The number of nitrogens with one attached hydrogen (secondary N) is 1. The molecule has 0 aliphatic rings. The van der Waals surface area contributed by atoms with Gasteiger partial charge in [0.05, 0.1) is 12.2 Å². The normalized spacial score (nSPS) is 12.7. The average molecular weight is 312 g/mol. The molecule has 1 N–H and O–H groups in total. The Hall–Kier alpha value is -2.70. The molecule has 23 heavy (non-hydrogen) atoms. The van der Waals surface area contributed by atoms with Crippen molar-refractivity contribution in [3.05, 3.63) is 48.6 Å². The van der Waals surface area contributed by atoms with E-state index in [1.165, 1.54) is 0 Å². The molecule has 3 heterocycles. The first-order chi connectivity index (χ1) is 11.1. The highest BCUT2D eigenvalue weighted by Gasteiger charge is 2.19. The molecule has 0 fully saturated rings. The van der Waals surface area contributed by atoms with Crippen LogP contribution in [0.3, 0.4) is 0 Å². The summed E-state index contributed by atoms with van der Waals surface area (Å²) >= 11 is 0. The van der Waals surface area contributed by atoms with Gasteiger partial charge >= 0.3 is 0 Å². The molecule has 3 aromatic rings. The number of imidazole rings is 2. The maximum atomic E-state index is 12.4. The minimum absolute atomic E-state index is 0.0603. The molecule has 3 aromatic heterocycles. The Morgan fingerprint density at radius 3 is 2.78 bits per heavy atom. The largest absolute Gasteiger partial charge is 0.349 e. The number of nitrogens with zero attached hydrogens (tertiary/aromatic N) is 5. The molecule has 1 unspecified atom stereocenters. The van der Waals surface area contributed by atoms with Crippen LogP contribution in [0, 0.1) is 0 Å². The van der Waals surface area contributed by atoms with Crippen LogP contribution in [0.1, 0.15) is 44.2 Å². The summed E-state index contributed by atoms with van der Waals surface area (Å²) in [6, 6.07) is 1.52. The van der Waals surface area contributed by atoms with Crippen molar-refractivity contribution in [2.45, 2.75) is 39.3 Å². The Morgan fingerprint density at radius 2 is 2.04 bits per heavy atom. The first-order valence-corrected chi connectivity index (χ1v) is 7.65. The molecular weight excluding hydrogens is 292 g/mol. The van der Waals surface area contributed by atoms with Crippen LogP contribution in [0.4, 0.5) is 0 Å². The molecule has 1 amide bonds. The number of hydrogen-bond acceptors (Lipinski definition) is 4. The van der Waals surface area contributed by atoms with E-state index < -0.39 is 0 Å². The van der Waals surface area contributed by atoms with Gasteiger partial charge < -0.3 is 9.88 Å². The molecule has 7 heteroatoms. The second-order valence-electron chi connectivity index (χ2n) is 5.80. The van der Waals surface area contributed by atoms with E-state index in [-0.39, 0.29) is 17.9 Å². The van der Waals surface area contributed by atoms with Crippen molar-refractivity contribution in [3.8, 4) is 0 Å². The predicted molar refractivity (Wildman–Crippen MR) is 85.9 cm³/mol. The Bertz CT molecular complexity index is 786. The molecule has 7 nitrogen and oxygen atoms in total. The van der Waals surface area contributed by atoms with Crippen molar-refractivity contribution >= 4 is 11.7 Å². The van der Waals surface area contributed by atoms with Crippen molar-refractivity contribution in [1.29, 1.82) is 0 Å². The lowest BCUT2D eigenvalue weighted by Crippen LogP contribution is -2.31. The van der Waals surface area contributed by atoms with Gasteiger partial charge in [-0.1, -0.05) is 13.8 Å². The van der Waals surface area contributed by atoms with Gasteiger partial charge in [-0.2, -0.15) is 0 Å². The van der Waals surface area contributed by atoms with Crippen molar-refractivity contribution in [1.82, 2.24) is 29.2 Å². The van der Waals surface area contributed by atoms with Crippen LogP contribution in [0.2, 0.25) is 0 Å². The molecule has 0 aliphatic carbocycles. The maximum absolute atomic E-state index is 12.4. The number of amides is 1. The molecule has 0 aliphatic heterocycles. The lowest BCUT2D eigenvalue weighted by molar-refractivity contribution is -0.124. The van der Waals surface area contributed by atoms with E-state index in [9.17, 15) is 4.79 Å².